The first-order valence-corrected chi connectivity index (χ1v) is 33.6. The molecule has 0 spiro atoms. The quantitative estimate of drug-likeness (QED) is 0.0156. The summed E-state index contributed by atoms with van der Waals surface area (Å²) in [7, 11) is 2.18. The van der Waals surface area contributed by atoms with E-state index in [1.807, 2.05) is 6.92 Å². The van der Waals surface area contributed by atoms with Crippen LogP contribution in [0.25, 0.3) is 0 Å². The molecule has 33 unspecified atom stereocenters. The van der Waals surface area contributed by atoms with Crippen molar-refractivity contribution >= 4 is 5.97 Å². The van der Waals surface area contributed by atoms with Gasteiger partial charge in [-0.05, 0) is 75.0 Å². The molecular weight excluding hydrogens is 1350 g/mol. The van der Waals surface area contributed by atoms with Gasteiger partial charge in [0.2, 0.25) is 18.9 Å². The summed E-state index contributed by atoms with van der Waals surface area (Å²) in [6.07, 6.45) is -59.9. The minimum atomic E-state index is -2.53. The van der Waals surface area contributed by atoms with E-state index in [9.17, 15) is 112 Å². The summed E-state index contributed by atoms with van der Waals surface area (Å²) in [5.41, 5.74) is -3.83. The number of fused-ring (bicyclic) bond motifs is 1. The van der Waals surface area contributed by atoms with Crippen LogP contribution < -0.4 is 0 Å². The van der Waals surface area contributed by atoms with Gasteiger partial charge in [-0.2, -0.15) is 0 Å². The molecule has 0 bridgehead atoms. The fraction of sp³-hybridized carbons (Fsp3) is 0.952. The number of allylic oxidation sites excluding steroid dienone is 1. The van der Waals surface area contributed by atoms with Crippen molar-refractivity contribution in [1.82, 2.24) is 0 Å². The maximum absolute atomic E-state index is 15.6. The van der Waals surface area contributed by atoms with Gasteiger partial charge in [0.25, 0.3) is 0 Å². The minimum Gasteiger partial charge on any atom is -0.432 e. The Hall–Kier alpha value is -2.19. The van der Waals surface area contributed by atoms with Crippen LogP contribution in [0.2, 0.25) is 0 Å². The summed E-state index contributed by atoms with van der Waals surface area (Å²) in [5.74, 6) is -2.29. The Kier molecular flexibility index (Phi) is 33.0. The zero-order chi connectivity index (χ0) is 74.8. The zero-order valence-corrected chi connectivity index (χ0v) is 57.4. The Bertz CT molecular complexity index is 2420. The maximum Gasteiger partial charge on any atom is 0.314 e. The Balaban J connectivity index is 1.35. The molecule has 0 amide bonds. The van der Waals surface area contributed by atoms with Crippen LogP contribution in [0.3, 0.4) is 0 Å². The molecule has 6 fully saturated rings. The highest BCUT2D eigenvalue weighted by atomic mass is 16.8. The Morgan fingerprint density at radius 3 is 1.50 bits per heavy atom. The topological polar surface area (TPSA) is 591 Å². The predicted molar refractivity (Wildman–Crippen MR) is 331 cm³/mol. The Labute approximate surface area is 578 Å². The van der Waals surface area contributed by atoms with E-state index in [1.54, 1.807) is 33.8 Å². The van der Waals surface area contributed by atoms with Gasteiger partial charge in [0.1, 0.15) is 134 Å². The molecular formula is C63H112O37. The molecule has 37 atom stereocenters. The molecule has 586 valence electrons. The van der Waals surface area contributed by atoms with Gasteiger partial charge >= 0.3 is 5.97 Å². The van der Waals surface area contributed by atoms with Gasteiger partial charge in [0, 0.05) is 14.2 Å². The third-order valence-corrected chi connectivity index (χ3v) is 20.6. The highest BCUT2D eigenvalue weighted by molar-refractivity contribution is 5.77. The Morgan fingerprint density at radius 2 is 1.02 bits per heavy atom. The molecule has 6 aliphatic rings. The van der Waals surface area contributed by atoms with E-state index in [2.05, 4.69) is 6.58 Å². The van der Waals surface area contributed by atoms with Crippen LogP contribution in [0.1, 0.15) is 86.5 Å². The molecule has 0 aromatic heterocycles. The summed E-state index contributed by atoms with van der Waals surface area (Å²) < 4.78 is 82.8. The van der Waals surface area contributed by atoms with E-state index in [0.717, 1.165) is 14.2 Å². The summed E-state index contributed by atoms with van der Waals surface area (Å²) in [5, 5.41) is 240. The largest absolute Gasteiger partial charge is 0.432 e. The van der Waals surface area contributed by atoms with Crippen molar-refractivity contribution in [2.24, 2.45) is 28.1 Å². The minimum absolute atomic E-state index is 0.0826. The number of aliphatic hydroxyl groups excluding tert-OH is 22. The zero-order valence-electron chi connectivity index (χ0n) is 57.4. The number of aliphatic hydroxyl groups is 22. The van der Waals surface area contributed by atoms with Crippen molar-refractivity contribution in [3.8, 4) is 0 Å². The molecule has 0 aromatic rings. The first kappa shape index (κ1) is 86.7. The van der Waals surface area contributed by atoms with Crippen LogP contribution in [0, 0.1) is 28.1 Å². The van der Waals surface area contributed by atoms with Crippen LogP contribution in [-0.2, 0) is 71.1 Å². The summed E-state index contributed by atoms with van der Waals surface area (Å²) in [4.78, 5) is 15.6. The van der Waals surface area contributed by atoms with Gasteiger partial charge in [0.05, 0.1) is 70.0 Å². The van der Waals surface area contributed by atoms with Crippen molar-refractivity contribution in [1.29, 1.82) is 0 Å². The molecule has 6 rings (SSSR count). The maximum atomic E-state index is 15.6. The number of esters is 1. The molecule has 0 aromatic carbocycles. The van der Waals surface area contributed by atoms with E-state index in [0.29, 0.717) is 0 Å². The first-order chi connectivity index (χ1) is 47.1. The predicted octanol–water partition coefficient (Wildman–Crippen LogP) is -8.99. The van der Waals surface area contributed by atoms with Crippen LogP contribution >= 0.6 is 0 Å². The number of rotatable bonds is 37. The monoisotopic (exact) mass is 1460 g/mol. The third kappa shape index (κ3) is 19.4. The summed E-state index contributed by atoms with van der Waals surface area (Å²) in [6, 6.07) is 0. The number of ether oxygens (including phenoxy) is 14. The average molecular weight is 1460 g/mol. The molecule has 2 aliphatic carbocycles. The molecule has 100 heavy (non-hydrogen) atoms. The van der Waals surface area contributed by atoms with Crippen molar-refractivity contribution in [3.05, 3.63) is 12.7 Å². The summed E-state index contributed by atoms with van der Waals surface area (Å²) >= 11 is 0. The molecule has 0 radical (unpaired) electrons. The fourth-order valence-corrected chi connectivity index (χ4v) is 14.7. The standard InChI is InChI=1S/C63H112O37/c1-10-13-61(5)16-12-35-62(6,14-11-15-63(35,7)60(86)100-57-51(98-56-48(83)44(79)38(73)32(22-68)94-56)50(41(76)33(23-69)95-57)97-55-47(82)43(78)37(72)31(21-67)93-55)59(61)99-53(85)58(91-28(18-64)26(4)70)90-27(17-25(2)3)49(40(75)29(19-65)87-8)96-52(84)45(80)39(74)34(88-9)24-89-54-46(81)42(77)36(71)30(20-66)92-54/h10,25-59,64-85H,1,11-24H2,2-9H3/t26?,27?,28?,29?,30?,31?,32?,33?,34?,35?,36?,37?,38?,39?,40?,41?,42?,43?,44?,45?,46?,47?,48?,49?,50?,51?,52?,53?,54?,55?,56?,57?,58?,59-,61+,62-,63-/m1/s1. The highest BCUT2D eigenvalue weighted by Gasteiger charge is 2.65. The second-order valence-corrected chi connectivity index (χ2v) is 28.1. The van der Waals surface area contributed by atoms with Gasteiger partial charge in [-0.25, -0.2) is 0 Å². The van der Waals surface area contributed by atoms with E-state index in [-0.39, 0.29) is 44.9 Å². The van der Waals surface area contributed by atoms with E-state index < -0.39 is 283 Å². The third-order valence-electron chi connectivity index (χ3n) is 20.6. The molecule has 4 saturated heterocycles. The van der Waals surface area contributed by atoms with Crippen LogP contribution in [-0.4, -0.2) is 382 Å². The number of carbonyl (C=O) groups is 1. The second kappa shape index (κ2) is 38.1. The van der Waals surface area contributed by atoms with Gasteiger partial charge in [-0.1, -0.05) is 40.2 Å². The number of hydrogen-bond donors (Lipinski definition) is 22. The number of carbonyl (C=O) groups excluding carboxylic acids is 1. The smallest absolute Gasteiger partial charge is 0.314 e. The van der Waals surface area contributed by atoms with Crippen molar-refractivity contribution in [2.75, 3.05) is 60.5 Å². The lowest BCUT2D eigenvalue weighted by molar-refractivity contribution is -0.389. The molecule has 37 heteroatoms. The summed E-state index contributed by atoms with van der Waals surface area (Å²) in [6.45, 7) is 7.60. The molecule has 22 N–H and O–H groups in total. The SMILES string of the molecule is C=CC[C@@]1(C)CCC2[C@](C)(C(=O)OC3OC(CO)C(O)C(OC4OC(CO)C(O)C(O)C4O)C3OC3OC(CO)C(O)C(O)C3O)CCC[C@@]2(C)[C@@H]1OC(O)C(OC(CO)C(C)O)OC(CC(C)C)C(OC(O)C(O)C(O)C(COC1OC(CO)C(O)C(O)C1O)OC)C(O)C(CO)OC. The first-order valence-electron chi connectivity index (χ1n) is 33.6. The number of hydrogen-bond acceptors (Lipinski definition) is 37. The molecule has 4 aliphatic heterocycles. The van der Waals surface area contributed by atoms with E-state index >= 15 is 4.79 Å². The van der Waals surface area contributed by atoms with Crippen LogP contribution in [0.5, 0.6) is 0 Å². The fourth-order valence-electron chi connectivity index (χ4n) is 14.7. The molecule has 2 saturated carbocycles. The normalized spacial score (nSPS) is 41.9. The lowest BCUT2D eigenvalue weighted by atomic mass is 9.45. The molecule has 37 nitrogen and oxygen atoms in total. The lowest BCUT2D eigenvalue weighted by Crippen LogP contribution is -2.68. The van der Waals surface area contributed by atoms with Crippen LogP contribution in [0.4, 0.5) is 0 Å². The Morgan fingerprint density at radius 1 is 0.540 bits per heavy atom. The average Bonchev–Trinajstić information content (AvgIpc) is 0.715. The van der Waals surface area contributed by atoms with Crippen molar-refractivity contribution in [3.63, 3.8) is 0 Å². The van der Waals surface area contributed by atoms with Crippen LogP contribution in [0.15, 0.2) is 12.7 Å². The van der Waals surface area contributed by atoms with E-state index in [4.69, 9.17) is 66.3 Å². The van der Waals surface area contributed by atoms with Gasteiger partial charge in [-0.3, -0.25) is 4.79 Å². The molecule has 4 heterocycles. The van der Waals surface area contributed by atoms with Crippen molar-refractivity contribution in [2.45, 2.75) is 289 Å². The lowest BCUT2D eigenvalue weighted by Gasteiger charge is -2.62. The van der Waals surface area contributed by atoms with Gasteiger partial charge < -0.3 is 179 Å². The van der Waals surface area contributed by atoms with Gasteiger partial charge in [-0.15, -0.1) is 6.58 Å². The second-order valence-electron chi connectivity index (χ2n) is 28.1. The highest BCUT2D eigenvalue weighted by Crippen LogP contribution is 2.64. The van der Waals surface area contributed by atoms with Gasteiger partial charge in [0.15, 0.2) is 31.3 Å². The van der Waals surface area contributed by atoms with E-state index in [1.165, 1.54) is 6.92 Å². The number of methoxy groups -OCH3 is 2. The van der Waals surface area contributed by atoms with Crippen molar-refractivity contribution < 1.29 is 183 Å².